The molecule has 1 fully saturated rings. The molecule has 1 aliphatic heterocycles. The molecule has 0 saturated carbocycles. The summed E-state index contributed by atoms with van der Waals surface area (Å²) < 4.78 is 1.59. The molecular weight excluding hydrogens is 302 g/mol. The lowest BCUT2D eigenvalue weighted by Gasteiger charge is -2.23. The predicted octanol–water partition coefficient (Wildman–Crippen LogP) is 2.47. The summed E-state index contributed by atoms with van der Waals surface area (Å²) in [5.41, 5.74) is 1.84. The van der Waals surface area contributed by atoms with Gasteiger partial charge >= 0.3 is 0 Å². The van der Waals surface area contributed by atoms with Crippen LogP contribution in [0.4, 0.5) is 5.69 Å². The topological polar surface area (TPSA) is 54.3 Å². The molecule has 0 aliphatic carbocycles. The second-order valence-corrected chi connectivity index (χ2v) is 6.15. The van der Waals surface area contributed by atoms with Crippen LogP contribution >= 0.6 is 0 Å². The molecule has 0 radical (unpaired) electrons. The fraction of sp³-hybridized carbons (Fsp3) is 0.368. The van der Waals surface area contributed by atoms with Crippen LogP contribution in [0.2, 0.25) is 0 Å². The molecule has 1 atom stereocenters. The average molecular weight is 325 g/mol. The van der Waals surface area contributed by atoms with Gasteiger partial charge in [-0.15, -0.1) is 0 Å². The van der Waals surface area contributed by atoms with Crippen molar-refractivity contribution in [1.29, 1.82) is 0 Å². The smallest absolute Gasteiger partial charge is 0.250 e. The molecule has 2 heterocycles. The third-order valence-corrected chi connectivity index (χ3v) is 4.49. The minimum atomic E-state index is -0.118. The van der Waals surface area contributed by atoms with E-state index in [1.165, 1.54) is 11.6 Å². The van der Waals surface area contributed by atoms with Crippen molar-refractivity contribution in [3.63, 3.8) is 0 Å². The number of hydrogen-bond acceptors (Lipinski definition) is 3. The standard InChI is InChI=1S/C19H23N3O2/c1-2-21-14-16(10-11-18(21)23)20-19(24)17-9-6-12-22(17)13-15-7-4-3-5-8-15/h3-5,7-8,10-11,14,17H,2,6,9,12-13H2,1H3,(H,20,24)/t17-/m0/s1. The van der Waals surface area contributed by atoms with E-state index in [1.54, 1.807) is 16.8 Å². The third kappa shape index (κ3) is 3.74. The highest BCUT2D eigenvalue weighted by molar-refractivity contribution is 5.94. The molecule has 1 saturated heterocycles. The fourth-order valence-corrected chi connectivity index (χ4v) is 3.21. The van der Waals surface area contributed by atoms with E-state index in [9.17, 15) is 9.59 Å². The number of benzene rings is 1. The van der Waals surface area contributed by atoms with Gasteiger partial charge in [0.2, 0.25) is 5.91 Å². The maximum atomic E-state index is 12.7. The molecule has 1 amide bonds. The minimum Gasteiger partial charge on any atom is -0.323 e. The number of hydrogen-bond donors (Lipinski definition) is 1. The molecule has 3 rings (SSSR count). The van der Waals surface area contributed by atoms with Gasteiger partial charge in [-0.25, -0.2) is 0 Å². The van der Waals surface area contributed by atoms with Crippen LogP contribution in [0.25, 0.3) is 0 Å². The summed E-state index contributed by atoms with van der Waals surface area (Å²) >= 11 is 0. The van der Waals surface area contributed by atoms with Gasteiger partial charge in [-0.05, 0) is 37.9 Å². The van der Waals surface area contributed by atoms with Crippen molar-refractivity contribution >= 4 is 11.6 Å². The monoisotopic (exact) mass is 325 g/mol. The van der Waals surface area contributed by atoms with Crippen LogP contribution in [-0.4, -0.2) is 28.0 Å². The van der Waals surface area contributed by atoms with Crippen molar-refractivity contribution in [3.05, 3.63) is 64.6 Å². The van der Waals surface area contributed by atoms with Crippen LogP contribution < -0.4 is 10.9 Å². The van der Waals surface area contributed by atoms with E-state index in [4.69, 9.17) is 0 Å². The number of aryl methyl sites for hydroxylation is 1. The van der Waals surface area contributed by atoms with Gasteiger partial charge < -0.3 is 9.88 Å². The zero-order valence-corrected chi connectivity index (χ0v) is 13.9. The number of likely N-dealkylation sites (tertiary alicyclic amines) is 1. The van der Waals surface area contributed by atoms with Crippen molar-refractivity contribution in [1.82, 2.24) is 9.47 Å². The lowest BCUT2D eigenvalue weighted by atomic mass is 10.1. The molecule has 1 N–H and O–H groups in total. The van der Waals surface area contributed by atoms with Gasteiger partial charge in [-0.1, -0.05) is 30.3 Å². The number of nitrogens with zero attached hydrogens (tertiary/aromatic N) is 2. The van der Waals surface area contributed by atoms with Crippen LogP contribution in [0, 0.1) is 0 Å². The van der Waals surface area contributed by atoms with Gasteiger partial charge in [0, 0.05) is 25.4 Å². The van der Waals surface area contributed by atoms with Gasteiger partial charge in [0.05, 0.1) is 11.7 Å². The lowest BCUT2D eigenvalue weighted by molar-refractivity contribution is -0.120. The molecule has 2 aromatic rings. The highest BCUT2D eigenvalue weighted by Gasteiger charge is 2.30. The van der Waals surface area contributed by atoms with Gasteiger partial charge in [0.1, 0.15) is 0 Å². The number of carbonyl (C=O) groups excluding carboxylic acids is 1. The number of aromatic nitrogens is 1. The molecule has 24 heavy (non-hydrogen) atoms. The number of pyridine rings is 1. The molecule has 0 spiro atoms. The fourth-order valence-electron chi connectivity index (χ4n) is 3.21. The van der Waals surface area contributed by atoms with Crippen molar-refractivity contribution in [2.75, 3.05) is 11.9 Å². The Labute approximate surface area is 141 Å². The summed E-state index contributed by atoms with van der Waals surface area (Å²) in [4.78, 5) is 26.5. The Morgan fingerprint density at radius 2 is 2.00 bits per heavy atom. The largest absolute Gasteiger partial charge is 0.323 e. The number of amides is 1. The lowest BCUT2D eigenvalue weighted by Crippen LogP contribution is -2.39. The van der Waals surface area contributed by atoms with Crippen LogP contribution in [0.3, 0.4) is 0 Å². The zero-order chi connectivity index (χ0) is 16.9. The van der Waals surface area contributed by atoms with Crippen molar-refractivity contribution in [2.24, 2.45) is 0 Å². The first kappa shape index (κ1) is 16.5. The minimum absolute atomic E-state index is 0.00438. The predicted molar refractivity (Wildman–Crippen MR) is 94.9 cm³/mol. The third-order valence-electron chi connectivity index (χ3n) is 4.49. The first-order valence-corrected chi connectivity index (χ1v) is 8.46. The Morgan fingerprint density at radius 3 is 2.75 bits per heavy atom. The van der Waals surface area contributed by atoms with Gasteiger partial charge in [-0.3, -0.25) is 14.5 Å². The van der Waals surface area contributed by atoms with E-state index >= 15 is 0 Å². The number of nitrogens with one attached hydrogen (secondary N) is 1. The van der Waals surface area contributed by atoms with Crippen molar-refractivity contribution in [3.8, 4) is 0 Å². The maximum absolute atomic E-state index is 12.7. The SMILES string of the molecule is CCn1cc(NC(=O)[C@@H]2CCCN2Cc2ccccc2)ccc1=O. The quantitative estimate of drug-likeness (QED) is 0.919. The number of carbonyl (C=O) groups is 1. The molecule has 5 heteroatoms. The van der Waals surface area contributed by atoms with E-state index in [2.05, 4.69) is 22.3 Å². The van der Waals surface area contributed by atoms with E-state index in [0.717, 1.165) is 25.9 Å². The molecular formula is C19H23N3O2. The summed E-state index contributed by atoms with van der Waals surface area (Å²) in [5, 5.41) is 2.96. The number of rotatable bonds is 5. The summed E-state index contributed by atoms with van der Waals surface area (Å²) in [7, 11) is 0. The van der Waals surface area contributed by atoms with Crippen molar-refractivity contribution in [2.45, 2.75) is 38.9 Å². The Balaban J connectivity index is 1.68. The van der Waals surface area contributed by atoms with Crippen LogP contribution in [-0.2, 0) is 17.9 Å². The molecule has 5 nitrogen and oxygen atoms in total. The summed E-state index contributed by atoms with van der Waals surface area (Å²) in [6, 6.07) is 13.3. The second kappa shape index (κ2) is 7.45. The average Bonchev–Trinajstić information content (AvgIpc) is 3.05. The zero-order valence-electron chi connectivity index (χ0n) is 13.9. The highest BCUT2D eigenvalue weighted by atomic mass is 16.2. The molecule has 1 aliphatic rings. The van der Waals surface area contributed by atoms with Crippen molar-refractivity contribution < 1.29 is 4.79 Å². The van der Waals surface area contributed by atoms with Gasteiger partial charge in [0.25, 0.3) is 5.56 Å². The van der Waals surface area contributed by atoms with E-state index in [0.29, 0.717) is 12.2 Å². The first-order valence-electron chi connectivity index (χ1n) is 8.46. The Bertz CT molecular complexity index is 755. The summed E-state index contributed by atoms with van der Waals surface area (Å²) in [6.07, 6.45) is 3.60. The molecule has 1 aromatic carbocycles. The van der Waals surface area contributed by atoms with E-state index < -0.39 is 0 Å². The molecule has 1 aromatic heterocycles. The van der Waals surface area contributed by atoms with Crippen LogP contribution in [0.1, 0.15) is 25.3 Å². The Morgan fingerprint density at radius 1 is 1.21 bits per heavy atom. The second-order valence-electron chi connectivity index (χ2n) is 6.15. The number of anilines is 1. The van der Waals surface area contributed by atoms with E-state index in [1.807, 2.05) is 25.1 Å². The highest BCUT2D eigenvalue weighted by Crippen LogP contribution is 2.21. The maximum Gasteiger partial charge on any atom is 0.250 e. The summed E-state index contributed by atoms with van der Waals surface area (Å²) in [6.45, 7) is 4.21. The van der Waals surface area contributed by atoms with Crippen LogP contribution in [0.5, 0.6) is 0 Å². The Hall–Kier alpha value is -2.40. The first-order chi connectivity index (χ1) is 11.7. The van der Waals surface area contributed by atoms with Crippen LogP contribution in [0.15, 0.2) is 53.5 Å². The molecule has 126 valence electrons. The van der Waals surface area contributed by atoms with Gasteiger partial charge in [-0.2, -0.15) is 0 Å². The summed E-state index contributed by atoms with van der Waals surface area (Å²) in [5.74, 6) is 0.00438. The normalized spacial score (nSPS) is 17.8. The molecule has 0 bridgehead atoms. The van der Waals surface area contributed by atoms with E-state index in [-0.39, 0.29) is 17.5 Å². The van der Waals surface area contributed by atoms with Gasteiger partial charge in [0.15, 0.2) is 0 Å². The Kier molecular flexibility index (Phi) is 5.11. The molecule has 0 unspecified atom stereocenters.